The Morgan fingerprint density at radius 3 is 2.81 bits per heavy atom. The van der Waals surface area contributed by atoms with Crippen LogP contribution < -0.4 is 0 Å². The molecule has 2 aromatic heterocycles. The van der Waals surface area contributed by atoms with Gasteiger partial charge < -0.3 is 8.83 Å². The molecule has 8 nitrogen and oxygen atoms in total. The highest BCUT2D eigenvalue weighted by Crippen LogP contribution is 2.34. The topological polar surface area (TPSA) is 96.3 Å². The zero-order valence-corrected chi connectivity index (χ0v) is 17.9. The van der Waals surface area contributed by atoms with E-state index in [0.717, 1.165) is 11.0 Å². The number of rotatable bonds is 5. The Labute approximate surface area is 180 Å². The molecule has 3 aromatic rings. The number of carbonyl (C=O) groups excluding carboxylic acids is 1. The third-order valence-corrected chi connectivity index (χ3v) is 7.71. The SMILES string of the molecule is CN(CC(=O)N1N=C(c2cc3ccccc3o2)CC1c1ccco1)C1CCS(=O)(=O)C1. The van der Waals surface area contributed by atoms with E-state index in [0.29, 0.717) is 30.1 Å². The number of furan rings is 2. The summed E-state index contributed by atoms with van der Waals surface area (Å²) in [4.78, 5) is 15.0. The zero-order valence-electron chi connectivity index (χ0n) is 17.1. The van der Waals surface area contributed by atoms with Crippen molar-refractivity contribution in [3.63, 3.8) is 0 Å². The number of para-hydroxylation sites is 1. The van der Waals surface area contributed by atoms with Crippen LogP contribution in [0.15, 0.2) is 62.7 Å². The van der Waals surface area contributed by atoms with Gasteiger partial charge in [0.1, 0.15) is 23.1 Å². The van der Waals surface area contributed by atoms with E-state index in [1.807, 2.05) is 36.4 Å². The molecule has 1 amide bonds. The molecule has 5 rings (SSSR count). The second-order valence-corrected chi connectivity index (χ2v) is 10.4. The van der Waals surface area contributed by atoms with Crippen molar-refractivity contribution in [2.75, 3.05) is 25.1 Å². The van der Waals surface area contributed by atoms with Crippen LogP contribution in [-0.2, 0) is 14.6 Å². The smallest absolute Gasteiger partial charge is 0.257 e. The molecule has 0 spiro atoms. The minimum atomic E-state index is -3.02. The second kappa shape index (κ2) is 7.65. The maximum Gasteiger partial charge on any atom is 0.257 e. The number of likely N-dealkylation sites (N-methyl/N-ethyl adjacent to an activating group) is 1. The Bertz CT molecular complexity index is 1210. The van der Waals surface area contributed by atoms with E-state index in [1.165, 1.54) is 5.01 Å². The standard InChI is InChI=1S/C22H23N3O5S/c1-24(16-8-10-31(27,28)14-16)13-22(26)25-18(20-7-4-9-29-20)12-17(23-25)21-11-15-5-2-3-6-19(15)30-21/h2-7,9,11,16,18H,8,10,12-14H2,1H3. The van der Waals surface area contributed by atoms with Gasteiger partial charge in [0.2, 0.25) is 0 Å². The highest BCUT2D eigenvalue weighted by molar-refractivity contribution is 7.91. The Morgan fingerprint density at radius 1 is 1.26 bits per heavy atom. The Kier molecular flexibility index (Phi) is 4.94. The summed E-state index contributed by atoms with van der Waals surface area (Å²) in [5, 5.41) is 7.02. The molecule has 0 N–H and O–H groups in total. The first kappa shape index (κ1) is 20.0. The third kappa shape index (κ3) is 3.90. The molecule has 1 fully saturated rings. The van der Waals surface area contributed by atoms with E-state index in [2.05, 4.69) is 5.10 Å². The van der Waals surface area contributed by atoms with Crippen LogP contribution in [0.3, 0.4) is 0 Å². The first-order valence-corrected chi connectivity index (χ1v) is 12.0. The van der Waals surface area contributed by atoms with Gasteiger partial charge in [-0.1, -0.05) is 18.2 Å². The molecule has 0 aliphatic carbocycles. The third-order valence-electron chi connectivity index (χ3n) is 5.96. The number of sulfone groups is 1. The number of hydrazone groups is 1. The average Bonchev–Trinajstić information content (AvgIpc) is 3.51. The number of carbonyl (C=O) groups is 1. The van der Waals surface area contributed by atoms with Crippen molar-refractivity contribution in [1.29, 1.82) is 0 Å². The minimum Gasteiger partial charge on any atom is -0.467 e. The van der Waals surface area contributed by atoms with Gasteiger partial charge >= 0.3 is 0 Å². The number of nitrogens with zero attached hydrogens (tertiary/aromatic N) is 3. The summed E-state index contributed by atoms with van der Waals surface area (Å²) in [6, 6.07) is 12.7. The lowest BCUT2D eigenvalue weighted by Gasteiger charge is -2.26. The van der Waals surface area contributed by atoms with E-state index >= 15 is 0 Å². The highest BCUT2D eigenvalue weighted by atomic mass is 32.2. The van der Waals surface area contributed by atoms with Crippen molar-refractivity contribution >= 4 is 32.4 Å². The van der Waals surface area contributed by atoms with Gasteiger partial charge in [-0.25, -0.2) is 13.4 Å². The molecule has 0 saturated carbocycles. The van der Waals surface area contributed by atoms with Gasteiger partial charge in [-0.2, -0.15) is 5.10 Å². The molecule has 0 bridgehead atoms. The lowest BCUT2D eigenvalue weighted by molar-refractivity contribution is -0.134. The van der Waals surface area contributed by atoms with Crippen LogP contribution in [0.25, 0.3) is 11.0 Å². The quantitative estimate of drug-likeness (QED) is 0.604. The van der Waals surface area contributed by atoms with Crippen LogP contribution in [0, 0.1) is 0 Å². The first-order valence-electron chi connectivity index (χ1n) is 10.2. The van der Waals surface area contributed by atoms with Gasteiger partial charge in [-0.3, -0.25) is 9.69 Å². The number of amides is 1. The number of hydrogen-bond donors (Lipinski definition) is 0. The van der Waals surface area contributed by atoms with Crippen molar-refractivity contribution in [1.82, 2.24) is 9.91 Å². The molecular weight excluding hydrogens is 418 g/mol. The Hall–Kier alpha value is -2.91. The molecule has 1 saturated heterocycles. The molecule has 31 heavy (non-hydrogen) atoms. The van der Waals surface area contributed by atoms with E-state index in [-0.39, 0.29) is 36.0 Å². The molecule has 9 heteroatoms. The summed E-state index contributed by atoms with van der Waals surface area (Å²) in [5.74, 6) is 1.33. The average molecular weight is 442 g/mol. The molecule has 4 heterocycles. The fraction of sp³-hybridized carbons (Fsp3) is 0.364. The molecule has 2 aliphatic heterocycles. The molecule has 2 aliphatic rings. The van der Waals surface area contributed by atoms with Crippen LogP contribution in [0.5, 0.6) is 0 Å². The van der Waals surface area contributed by atoms with E-state index in [9.17, 15) is 13.2 Å². The highest BCUT2D eigenvalue weighted by Gasteiger charge is 2.38. The summed E-state index contributed by atoms with van der Waals surface area (Å²) in [6.07, 6.45) is 2.59. The van der Waals surface area contributed by atoms with Gasteiger partial charge in [0.25, 0.3) is 5.91 Å². The Balaban J connectivity index is 1.40. The largest absolute Gasteiger partial charge is 0.467 e. The van der Waals surface area contributed by atoms with Crippen molar-refractivity contribution < 1.29 is 22.0 Å². The van der Waals surface area contributed by atoms with Crippen molar-refractivity contribution in [3.05, 3.63) is 60.2 Å². The first-order chi connectivity index (χ1) is 14.9. The van der Waals surface area contributed by atoms with Crippen molar-refractivity contribution in [2.24, 2.45) is 5.10 Å². The van der Waals surface area contributed by atoms with Crippen LogP contribution in [-0.4, -0.2) is 61.1 Å². The number of benzene rings is 1. The summed E-state index contributed by atoms with van der Waals surface area (Å²) in [7, 11) is -1.24. The van der Waals surface area contributed by atoms with Crippen LogP contribution >= 0.6 is 0 Å². The predicted molar refractivity (Wildman–Crippen MR) is 115 cm³/mol. The van der Waals surface area contributed by atoms with Crippen molar-refractivity contribution in [3.8, 4) is 0 Å². The van der Waals surface area contributed by atoms with Crippen LogP contribution in [0.4, 0.5) is 0 Å². The molecule has 0 radical (unpaired) electrons. The van der Waals surface area contributed by atoms with Gasteiger partial charge in [0.15, 0.2) is 15.6 Å². The summed E-state index contributed by atoms with van der Waals surface area (Å²) >= 11 is 0. The fourth-order valence-corrected chi connectivity index (χ4v) is 6.06. The van der Waals surface area contributed by atoms with Gasteiger partial charge in [-0.15, -0.1) is 0 Å². The molecular formula is C22H23N3O5S. The lowest BCUT2D eigenvalue weighted by atomic mass is 10.1. The van der Waals surface area contributed by atoms with Crippen LogP contribution in [0.2, 0.25) is 0 Å². The van der Waals surface area contributed by atoms with Crippen molar-refractivity contribution in [2.45, 2.75) is 24.9 Å². The summed E-state index contributed by atoms with van der Waals surface area (Å²) in [5.41, 5.74) is 1.44. The Morgan fingerprint density at radius 2 is 2.10 bits per heavy atom. The number of hydrogen-bond acceptors (Lipinski definition) is 7. The fourth-order valence-electron chi connectivity index (χ4n) is 4.25. The molecule has 2 unspecified atom stereocenters. The second-order valence-electron chi connectivity index (χ2n) is 8.14. The van der Waals surface area contributed by atoms with E-state index < -0.39 is 9.84 Å². The van der Waals surface area contributed by atoms with Gasteiger partial charge in [0, 0.05) is 17.8 Å². The maximum atomic E-state index is 13.2. The van der Waals surface area contributed by atoms with E-state index in [4.69, 9.17) is 8.83 Å². The normalized spacial score (nSPS) is 23.0. The summed E-state index contributed by atoms with van der Waals surface area (Å²) < 4.78 is 35.1. The summed E-state index contributed by atoms with van der Waals surface area (Å²) in [6.45, 7) is 0.0777. The lowest BCUT2D eigenvalue weighted by Crippen LogP contribution is -2.41. The van der Waals surface area contributed by atoms with Gasteiger partial charge in [0.05, 0.1) is 24.3 Å². The molecule has 2 atom stereocenters. The predicted octanol–water partition coefficient (Wildman–Crippen LogP) is 2.82. The van der Waals surface area contributed by atoms with E-state index in [1.54, 1.807) is 24.3 Å². The van der Waals surface area contributed by atoms with Crippen LogP contribution in [0.1, 0.15) is 30.4 Å². The maximum absolute atomic E-state index is 13.2. The monoisotopic (exact) mass is 441 g/mol. The minimum absolute atomic E-state index is 0.0777. The number of fused-ring (bicyclic) bond motifs is 1. The molecule has 1 aromatic carbocycles. The molecule has 162 valence electrons. The zero-order chi connectivity index (χ0) is 21.6. The van der Waals surface area contributed by atoms with Gasteiger partial charge in [-0.05, 0) is 37.7 Å².